The van der Waals surface area contributed by atoms with E-state index in [4.69, 9.17) is 4.74 Å². The molecule has 2 heterocycles. The summed E-state index contributed by atoms with van der Waals surface area (Å²) in [6.07, 6.45) is 0. The molecule has 0 fully saturated rings. The molecule has 3 aromatic carbocycles. The van der Waals surface area contributed by atoms with Crippen LogP contribution in [0.15, 0.2) is 54.6 Å². The summed E-state index contributed by atoms with van der Waals surface area (Å²) in [4.78, 5) is 0. The molecule has 0 spiro atoms. The van der Waals surface area contributed by atoms with Crippen LogP contribution in [0.4, 0.5) is 8.78 Å². The number of para-hydroxylation sites is 1. The minimum Gasteiger partial charge on any atom is -0.456 e. The maximum absolute atomic E-state index is 14.6. The van der Waals surface area contributed by atoms with Crippen LogP contribution < -0.4 is 9.30 Å². The third-order valence-electron chi connectivity index (χ3n) is 4.66. The summed E-state index contributed by atoms with van der Waals surface area (Å²) < 4.78 is 36.2. The molecule has 0 unspecified atom stereocenters. The van der Waals surface area contributed by atoms with E-state index >= 15 is 0 Å². The topological polar surface area (TPSA) is 13.1 Å². The number of ether oxygens (including phenoxy) is 1. The van der Waals surface area contributed by atoms with Gasteiger partial charge >= 0.3 is 0 Å². The van der Waals surface area contributed by atoms with Gasteiger partial charge in [0, 0.05) is 5.39 Å². The van der Waals surface area contributed by atoms with Crippen molar-refractivity contribution in [2.45, 2.75) is 0 Å². The molecule has 0 aliphatic carbocycles. The lowest BCUT2D eigenvalue weighted by molar-refractivity contribution is -0.633. The first-order valence-corrected chi connectivity index (χ1v) is 7.66. The average Bonchev–Trinajstić information content (AvgIpc) is 2.60. The minimum absolute atomic E-state index is 0.256. The maximum atomic E-state index is 14.6. The molecule has 4 aromatic rings. The first-order valence-electron chi connectivity index (χ1n) is 7.66. The molecule has 5 rings (SSSR count). The van der Waals surface area contributed by atoms with E-state index in [0.29, 0.717) is 11.1 Å². The molecule has 2 nitrogen and oxygen atoms in total. The number of pyridine rings is 1. The molecule has 0 radical (unpaired) electrons. The lowest BCUT2D eigenvalue weighted by atomic mass is 9.96. The van der Waals surface area contributed by atoms with Gasteiger partial charge in [0.05, 0.1) is 16.3 Å². The standard InChI is InChI=1S/C20H12F2NO/c1-23-19-13-5-2-3-7-15(13)24-16-8-4-6-11(17(16)19)12-9-10-14(21)18(22)20(12)23/h2-10H,1H3/q+1. The molecule has 0 bridgehead atoms. The Morgan fingerprint density at radius 3 is 2.50 bits per heavy atom. The van der Waals surface area contributed by atoms with Crippen LogP contribution in [0.5, 0.6) is 11.5 Å². The van der Waals surface area contributed by atoms with Gasteiger partial charge in [0.2, 0.25) is 11.5 Å². The predicted molar refractivity (Wildman–Crippen MR) is 88.1 cm³/mol. The third-order valence-corrected chi connectivity index (χ3v) is 4.66. The number of halogens is 2. The van der Waals surface area contributed by atoms with Gasteiger partial charge in [-0.25, -0.2) is 4.39 Å². The fourth-order valence-corrected chi connectivity index (χ4v) is 3.63. The molecular formula is C20H12F2NO+. The number of benzene rings is 3. The summed E-state index contributed by atoms with van der Waals surface area (Å²) in [5.41, 5.74) is 1.96. The molecule has 1 aromatic heterocycles. The van der Waals surface area contributed by atoms with Crippen LogP contribution in [0.3, 0.4) is 0 Å². The summed E-state index contributed by atoms with van der Waals surface area (Å²) in [5.74, 6) is -0.239. The number of hydrogen-bond donors (Lipinski definition) is 0. The Morgan fingerprint density at radius 1 is 0.833 bits per heavy atom. The summed E-state index contributed by atoms with van der Waals surface area (Å²) in [6.45, 7) is 0. The lowest BCUT2D eigenvalue weighted by Gasteiger charge is -2.20. The molecule has 4 heteroatoms. The summed E-state index contributed by atoms with van der Waals surface area (Å²) in [6, 6.07) is 16.1. The van der Waals surface area contributed by atoms with Crippen LogP contribution in [-0.2, 0) is 7.05 Å². The van der Waals surface area contributed by atoms with Crippen molar-refractivity contribution in [1.82, 2.24) is 0 Å². The number of nitrogens with zero attached hydrogens (tertiary/aromatic N) is 1. The summed E-state index contributed by atoms with van der Waals surface area (Å²) in [5, 5.41) is 2.43. The Kier molecular flexibility index (Phi) is 2.52. The monoisotopic (exact) mass is 320 g/mol. The molecule has 0 atom stereocenters. The second-order valence-corrected chi connectivity index (χ2v) is 5.94. The smallest absolute Gasteiger partial charge is 0.252 e. The molecule has 0 saturated heterocycles. The van der Waals surface area contributed by atoms with Gasteiger partial charge in [-0.2, -0.15) is 8.96 Å². The predicted octanol–water partition coefficient (Wildman–Crippen LogP) is 4.87. The molecule has 0 amide bonds. The van der Waals surface area contributed by atoms with Crippen LogP contribution in [0.2, 0.25) is 0 Å². The largest absolute Gasteiger partial charge is 0.456 e. The Labute approximate surface area is 136 Å². The van der Waals surface area contributed by atoms with Gasteiger partial charge in [0.1, 0.15) is 18.5 Å². The van der Waals surface area contributed by atoms with Gasteiger partial charge in [0.25, 0.3) is 5.52 Å². The molecule has 116 valence electrons. The SMILES string of the molecule is C[n+]1c2c3c(cccc3c3ccc(F)c(F)c31)Oc1ccccc1-2. The Hall–Kier alpha value is -3.01. The van der Waals surface area contributed by atoms with Crippen LogP contribution >= 0.6 is 0 Å². The number of aromatic nitrogens is 1. The van der Waals surface area contributed by atoms with E-state index in [1.54, 1.807) is 17.7 Å². The molecule has 1 aliphatic heterocycles. The van der Waals surface area contributed by atoms with E-state index in [1.807, 2.05) is 42.5 Å². The first kappa shape index (κ1) is 13.4. The summed E-state index contributed by atoms with van der Waals surface area (Å²) >= 11 is 0. The Morgan fingerprint density at radius 2 is 1.62 bits per heavy atom. The highest BCUT2D eigenvalue weighted by atomic mass is 19.2. The molecule has 1 aliphatic rings. The van der Waals surface area contributed by atoms with Crippen molar-refractivity contribution < 1.29 is 18.1 Å². The highest BCUT2D eigenvalue weighted by molar-refractivity contribution is 6.12. The number of hydrogen-bond acceptors (Lipinski definition) is 1. The van der Waals surface area contributed by atoms with Gasteiger partial charge in [-0.3, -0.25) is 0 Å². The highest BCUT2D eigenvalue weighted by Gasteiger charge is 2.31. The normalized spacial score (nSPS) is 12.3. The third kappa shape index (κ3) is 1.55. The van der Waals surface area contributed by atoms with Crippen molar-refractivity contribution in [3.8, 4) is 22.8 Å². The van der Waals surface area contributed by atoms with E-state index in [9.17, 15) is 8.78 Å². The van der Waals surface area contributed by atoms with E-state index in [2.05, 4.69) is 0 Å². The van der Waals surface area contributed by atoms with Crippen molar-refractivity contribution >= 4 is 21.7 Å². The average molecular weight is 320 g/mol. The Bertz CT molecular complexity index is 1170. The van der Waals surface area contributed by atoms with Crippen molar-refractivity contribution in [3.05, 3.63) is 66.2 Å². The second kappa shape index (κ2) is 4.51. The lowest BCUT2D eigenvalue weighted by Crippen LogP contribution is -2.34. The summed E-state index contributed by atoms with van der Waals surface area (Å²) in [7, 11) is 1.76. The van der Waals surface area contributed by atoms with Gasteiger partial charge in [-0.15, -0.1) is 0 Å². The van der Waals surface area contributed by atoms with Crippen molar-refractivity contribution in [2.24, 2.45) is 7.05 Å². The first-order chi connectivity index (χ1) is 11.7. The Balaban J connectivity index is 2.12. The zero-order valence-electron chi connectivity index (χ0n) is 12.8. The van der Waals surface area contributed by atoms with Crippen molar-refractivity contribution in [1.29, 1.82) is 0 Å². The fourth-order valence-electron chi connectivity index (χ4n) is 3.63. The zero-order chi connectivity index (χ0) is 16.4. The van der Waals surface area contributed by atoms with Gasteiger partial charge in [-0.05, 0) is 30.3 Å². The van der Waals surface area contributed by atoms with Gasteiger partial charge < -0.3 is 4.74 Å². The van der Waals surface area contributed by atoms with Crippen LogP contribution in [0, 0.1) is 11.6 Å². The molecule has 24 heavy (non-hydrogen) atoms. The fraction of sp³-hybridized carbons (Fsp3) is 0.0500. The number of aryl methyl sites for hydroxylation is 1. The second-order valence-electron chi connectivity index (χ2n) is 5.94. The minimum atomic E-state index is -0.846. The molecular weight excluding hydrogens is 308 g/mol. The number of rotatable bonds is 0. The van der Waals surface area contributed by atoms with Crippen molar-refractivity contribution in [3.63, 3.8) is 0 Å². The number of fused-ring (bicyclic) bond motifs is 4. The van der Waals surface area contributed by atoms with E-state index in [1.165, 1.54) is 6.07 Å². The molecule has 0 N–H and O–H groups in total. The van der Waals surface area contributed by atoms with E-state index in [-0.39, 0.29) is 5.52 Å². The van der Waals surface area contributed by atoms with Crippen LogP contribution in [0.25, 0.3) is 32.9 Å². The van der Waals surface area contributed by atoms with Gasteiger partial charge in [0.15, 0.2) is 5.82 Å². The van der Waals surface area contributed by atoms with Crippen LogP contribution in [0.1, 0.15) is 0 Å². The maximum Gasteiger partial charge on any atom is 0.252 e. The van der Waals surface area contributed by atoms with E-state index < -0.39 is 11.6 Å². The highest BCUT2D eigenvalue weighted by Crippen LogP contribution is 2.46. The quantitative estimate of drug-likeness (QED) is 0.293. The van der Waals surface area contributed by atoms with Crippen molar-refractivity contribution in [2.75, 3.05) is 0 Å². The van der Waals surface area contributed by atoms with E-state index in [0.717, 1.165) is 27.8 Å². The van der Waals surface area contributed by atoms with Gasteiger partial charge in [-0.1, -0.05) is 24.3 Å². The zero-order valence-corrected chi connectivity index (χ0v) is 12.8. The molecule has 0 saturated carbocycles. The van der Waals surface area contributed by atoms with Crippen LogP contribution in [-0.4, -0.2) is 0 Å².